The Morgan fingerprint density at radius 2 is 0.523 bits per heavy atom. The maximum absolute atomic E-state index is 2.36. The minimum Gasteiger partial charge on any atom is -0.205 e. The summed E-state index contributed by atoms with van der Waals surface area (Å²) in [5, 5.41) is 5.37. The summed E-state index contributed by atoms with van der Waals surface area (Å²) in [6, 6.07) is 21.8. The fourth-order valence-corrected chi connectivity index (χ4v) is 6.76. The Balaban J connectivity index is 0.820. The molecule has 2 heteroatoms. The summed E-state index contributed by atoms with van der Waals surface area (Å²) in [6.07, 6.45) is 40.5. The molecule has 0 radical (unpaired) electrons. The molecule has 238 valence electrons. The van der Waals surface area contributed by atoms with Crippen molar-refractivity contribution in [2.45, 2.75) is 154 Å². The third-order valence-electron chi connectivity index (χ3n) is 9.58. The van der Waals surface area contributed by atoms with Crippen LogP contribution in [0.3, 0.4) is 0 Å². The summed E-state index contributed by atoms with van der Waals surface area (Å²) in [5.41, 5.74) is 0. The van der Waals surface area contributed by atoms with E-state index in [9.17, 15) is 0 Å². The second kappa shape index (κ2) is 21.9. The Morgan fingerprint density at radius 3 is 0.818 bits per heavy atom. The van der Waals surface area contributed by atoms with Crippen molar-refractivity contribution >= 4 is 21.5 Å². The second-order valence-corrected chi connectivity index (χ2v) is 13.4. The summed E-state index contributed by atoms with van der Waals surface area (Å²) in [7, 11) is 0. The van der Waals surface area contributed by atoms with Crippen LogP contribution in [0, 0.1) is 0 Å². The highest BCUT2D eigenvalue weighted by Crippen LogP contribution is 2.16. The van der Waals surface area contributed by atoms with Gasteiger partial charge >= 0.3 is 0 Å². The van der Waals surface area contributed by atoms with E-state index in [-0.39, 0.29) is 0 Å². The molecule has 2 nitrogen and oxygen atoms in total. The molecule has 0 aliphatic heterocycles. The van der Waals surface area contributed by atoms with Crippen molar-refractivity contribution in [2.75, 3.05) is 0 Å². The first kappa shape index (κ1) is 34.1. The standard InChI is InChI=1S/C42H62N2/c1(3-5-7-9-11-13-15-17-19-25-33-43-35-31-39-27-21-23-29-41(39)37-43)2-4-6-8-10-12-14-16-18-20-26-34-44-36-32-40-28-22-24-30-42(40)38-44/h21-24,27-32,35-38H,1-20,25-26,33-34H2/q+2. The maximum atomic E-state index is 2.36. The van der Waals surface area contributed by atoms with Crippen molar-refractivity contribution in [3.8, 4) is 0 Å². The van der Waals surface area contributed by atoms with E-state index in [0.29, 0.717) is 0 Å². The molecule has 0 fully saturated rings. The van der Waals surface area contributed by atoms with Crippen LogP contribution in [0.4, 0.5) is 0 Å². The molecular weight excluding hydrogens is 532 g/mol. The number of hydrogen-bond acceptors (Lipinski definition) is 0. The molecule has 0 aliphatic carbocycles. The molecular formula is C42H62N2+2. The molecule has 2 aromatic heterocycles. The first-order chi connectivity index (χ1) is 21.9. The van der Waals surface area contributed by atoms with Gasteiger partial charge in [-0.1, -0.05) is 152 Å². The van der Waals surface area contributed by atoms with Crippen LogP contribution in [-0.4, -0.2) is 0 Å². The van der Waals surface area contributed by atoms with E-state index in [1.807, 2.05) is 0 Å². The average Bonchev–Trinajstić information content (AvgIpc) is 3.06. The normalized spacial score (nSPS) is 11.5. The highest BCUT2D eigenvalue weighted by molar-refractivity contribution is 5.80. The Hall–Kier alpha value is -2.74. The van der Waals surface area contributed by atoms with Crippen LogP contribution in [0.2, 0.25) is 0 Å². The van der Waals surface area contributed by atoms with Crippen molar-refractivity contribution in [1.29, 1.82) is 0 Å². The molecule has 2 heterocycles. The summed E-state index contributed by atoms with van der Waals surface area (Å²) < 4.78 is 4.72. The molecule has 44 heavy (non-hydrogen) atoms. The summed E-state index contributed by atoms with van der Waals surface area (Å²) in [6.45, 7) is 2.30. The number of unbranched alkanes of at least 4 members (excludes halogenated alkanes) is 21. The minimum absolute atomic E-state index is 1.15. The van der Waals surface area contributed by atoms with Gasteiger partial charge in [-0.2, -0.15) is 0 Å². The Kier molecular flexibility index (Phi) is 17.0. The minimum atomic E-state index is 1.15. The van der Waals surface area contributed by atoms with E-state index in [0.717, 1.165) is 13.1 Å². The van der Waals surface area contributed by atoms with E-state index in [2.05, 4.69) is 94.6 Å². The Bertz CT molecular complexity index is 1190. The molecule has 0 saturated carbocycles. The topological polar surface area (TPSA) is 7.76 Å². The summed E-state index contributed by atoms with van der Waals surface area (Å²) >= 11 is 0. The summed E-state index contributed by atoms with van der Waals surface area (Å²) in [5.74, 6) is 0. The van der Waals surface area contributed by atoms with Crippen LogP contribution in [0.1, 0.15) is 141 Å². The van der Waals surface area contributed by atoms with Gasteiger partial charge in [0.2, 0.25) is 0 Å². The molecule has 0 bridgehead atoms. The van der Waals surface area contributed by atoms with Crippen LogP contribution < -0.4 is 9.13 Å². The lowest BCUT2D eigenvalue weighted by molar-refractivity contribution is -0.696. The molecule has 0 amide bonds. The van der Waals surface area contributed by atoms with Gasteiger partial charge in [-0.25, -0.2) is 9.13 Å². The fourth-order valence-electron chi connectivity index (χ4n) is 6.76. The van der Waals surface area contributed by atoms with E-state index in [4.69, 9.17) is 0 Å². The molecule has 2 aromatic carbocycles. The predicted molar refractivity (Wildman–Crippen MR) is 190 cm³/mol. The van der Waals surface area contributed by atoms with E-state index in [1.165, 1.54) is 163 Å². The highest BCUT2D eigenvalue weighted by atomic mass is 14.9. The maximum Gasteiger partial charge on any atom is 0.176 e. The van der Waals surface area contributed by atoms with Crippen LogP contribution in [0.15, 0.2) is 85.5 Å². The molecule has 0 aliphatic rings. The number of rotatable bonds is 25. The number of fused-ring (bicyclic) bond motifs is 2. The van der Waals surface area contributed by atoms with Crippen molar-refractivity contribution in [2.24, 2.45) is 0 Å². The zero-order valence-electron chi connectivity index (χ0n) is 27.9. The van der Waals surface area contributed by atoms with Gasteiger partial charge in [-0.3, -0.25) is 0 Å². The summed E-state index contributed by atoms with van der Waals surface area (Å²) in [4.78, 5) is 0. The highest BCUT2D eigenvalue weighted by Gasteiger charge is 2.04. The molecule has 0 N–H and O–H groups in total. The Morgan fingerprint density at radius 1 is 0.273 bits per heavy atom. The lowest BCUT2D eigenvalue weighted by Crippen LogP contribution is -2.32. The fraction of sp³-hybridized carbons (Fsp3) is 0.571. The number of aryl methyl sites for hydroxylation is 2. The number of nitrogens with zero attached hydrogens (tertiary/aromatic N) is 2. The van der Waals surface area contributed by atoms with Crippen molar-refractivity contribution < 1.29 is 9.13 Å². The van der Waals surface area contributed by atoms with Gasteiger partial charge in [0.15, 0.2) is 24.8 Å². The number of hydrogen-bond donors (Lipinski definition) is 0. The molecule has 0 saturated heterocycles. The van der Waals surface area contributed by atoms with E-state index < -0.39 is 0 Å². The largest absolute Gasteiger partial charge is 0.205 e. The van der Waals surface area contributed by atoms with Crippen LogP contribution in [0.5, 0.6) is 0 Å². The molecule has 4 aromatic rings. The van der Waals surface area contributed by atoms with Crippen molar-refractivity contribution in [3.05, 3.63) is 85.5 Å². The first-order valence-electron chi connectivity index (χ1n) is 18.6. The Labute approximate surface area is 269 Å². The molecule has 4 rings (SSSR count). The third-order valence-corrected chi connectivity index (χ3v) is 9.58. The van der Waals surface area contributed by atoms with Gasteiger partial charge in [-0.15, -0.1) is 0 Å². The number of benzene rings is 2. The smallest absolute Gasteiger partial charge is 0.176 e. The number of aromatic nitrogens is 2. The van der Waals surface area contributed by atoms with Gasteiger partial charge in [0.05, 0.1) is 0 Å². The van der Waals surface area contributed by atoms with Gasteiger partial charge in [-0.05, 0) is 35.7 Å². The molecule has 0 spiro atoms. The van der Waals surface area contributed by atoms with Gasteiger partial charge in [0, 0.05) is 35.7 Å². The average molecular weight is 595 g/mol. The lowest BCUT2D eigenvalue weighted by atomic mass is 10.0. The first-order valence-corrected chi connectivity index (χ1v) is 18.6. The lowest BCUT2D eigenvalue weighted by Gasteiger charge is -2.04. The van der Waals surface area contributed by atoms with Gasteiger partial charge in [0.25, 0.3) is 0 Å². The predicted octanol–water partition coefficient (Wildman–Crippen LogP) is 11.9. The van der Waals surface area contributed by atoms with E-state index in [1.54, 1.807) is 0 Å². The van der Waals surface area contributed by atoms with Crippen LogP contribution in [-0.2, 0) is 13.1 Å². The van der Waals surface area contributed by atoms with Gasteiger partial charge in [0.1, 0.15) is 13.1 Å². The molecule has 0 atom stereocenters. The van der Waals surface area contributed by atoms with Crippen molar-refractivity contribution in [3.63, 3.8) is 0 Å². The third kappa shape index (κ3) is 13.9. The quantitative estimate of drug-likeness (QED) is 0.0532. The number of pyridine rings is 2. The zero-order valence-corrected chi connectivity index (χ0v) is 27.9. The van der Waals surface area contributed by atoms with Gasteiger partial charge < -0.3 is 0 Å². The molecule has 0 unspecified atom stereocenters. The monoisotopic (exact) mass is 594 g/mol. The van der Waals surface area contributed by atoms with Crippen LogP contribution in [0.25, 0.3) is 21.5 Å². The second-order valence-electron chi connectivity index (χ2n) is 13.4. The SMILES string of the molecule is c1ccc2c[n+](CCCCCCCCCCCCCCCCCCCCCCCC[n+]3ccc4ccccc4c3)ccc2c1. The zero-order chi connectivity index (χ0) is 30.3. The van der Waals surface area contributed by atoms with E-state index >= 15 is 0 Å². The van der Waals surface area contributed by atoms with Crippen molar-refractivity contribution in [1.82, 2.24) is 0 Å². The van der Waals surface area contributed by atoms with Crippen LogP contribution >= 0.6 is 0 Å².